The Morgan fingerprint density at radius 1 is 1.35 bits per heavy atom. The van der Waals surface area contributed by atoms with Gasteiger partial charge in [0.15, 0.2) is 17.6 Å². The van der Waals surface area contributed by atoms with Gasteiger partial charge in [-0.3, -0.25) is 4.99 Å². The summed E-state index contributed by atoms with van der Waals surface area (Å²) in [7, 11) is 1.66. The van der Waals surface area contributed by atoms with Gasteiger partial charge in [-0.2, -0.15) is 0 Å². The summed E-state index contributed by atoms with van der Waals surface area (Å²) in [5.41, 5.74) is 0.648. The van der Waals surface area contributed by atoms with Crippen molar-refractivity contribution in [2.75, 3.05) is 7.05 Å². The number of rotatable bonds is 5. The minimum absolute atomic E-state index is 0.209. The highest BCUT2D eigenvalue weighted by molar-refractivity contribution is 7.11. The van der Waals surface area contributed by atoms with Crippen LogP contribution in [0.2, 0.25) is 0 Å². The van der Waals surface area contributed by atoms with Crippen molar-refractivity contribution < 1.29 is 8.78 Å². The van der Waals surface area contributed by atoms with Crippen molar-refractivity contribution in [2.24, 2.45) is 4.99 Å². The van der Waals surface area contributed by atoms with Crippen LogP contribution in [0.4, 0.5) is 8.78 Å². The zero-order chi connectivity index (χ0) is 16.8. The van der Waals surface area contributed by atoms with E-state index < -0.39 is 11.6 Å². The predicted molar refractivity (Wildman–Crippen MR) is 89.6 cm³/mol. The Balaban J connectivity index is 1.94. The van der Waals surface area contributed by atoms with Gasteiger partial charge in [0.05, 0.1) is 12.6 Å². The summed E-state index contributed by atoms with van der Waals surface area (Å²) in [6, 6.07) is 3.66. The molecule has 1 heterocycles. The first-order valence-corrected chi connectivity index (χ1v) is 8.20. The molecule has 0 fully saturated rings. The van der Waals surface area contributed by atoms with Crippen LogP contribution < -0.4 is 10.6 Å². The normalized spacial score (nSPS) is 13.0. The molecule has 0 spiro atoms. The molecule has 0 saturated heterocycles. The summed E-state index contributed by atoms with van der Waals surface area (Å²) < 4.78 is 26.3. The SMILES string of the molecule is CCc1cnc(CNC(=NC)NC(C)c2ccc(F)c(F)c2)s1. The van der Waals surface area contributed by atoms with Crippen LogP contribution in [0.25, 0.3) is 0 Å². The number of thiazole rings is 1. The number of hydrogen-bond acceptors (Lipinski definition) is 3. The van der Waals surface area contributed by atoms with E-state index >= 15 is 0 Å². The molecule has 1 unspecified atom stereocenters. The number of guanidine groups is 1. The quantitative estimate of drug-likeness (QED) is 0.649. The number of nitrogens with one attached hydrogen (secondary N) is 2. The van der Waals surface area contributed by atoms with E-state index in [0.29, 0.717) is 18.1 Å². The van der Waals surface area contributed by atoms with Gasteiger partial charge >= 0.3 is 0 Å². The Morgan fingerprint density at radius 2 is 2.13 bits per heavy atom. The van der Waals surface area contributed by atoms with Gasteiger partial charge in [-0.1, -0.05) is 13.0 Å². The van der Waals surface area contributed by atoms with E-state index in [1.807, 2.05) is 13.1 Å². The summed E-state index contributed by atoms with van der Waals surface area (Å²) in [5.74, 6) is -1.12. The molecule has 124 valence electrons. The summed E-state index contributed by atoms with van der Waals surface area (Å²) in [6.45, 7) is 4.52. The number of aliphatic imine (C=N–C) groups is 1. The van der Waals surface area contributed by atoms with Crippen molar-refractivity contribution >= 4 is 17.3 Å². The fraction of sp³-hybridized carbons (Fsp3) is 0.375. The fourth-order valence-electron chi connectivity index (χ4n) is 2.02. The molecule has 2 aromatic rings. The average Bonchev–Trinajstić information content (AvgIpc) is 3.01. The van der Waals surface area contributed by atoms with Gasteiger partial charge in [-0.25, -0.2) is 13.8 Å². The van der Waals surface area contributed by atoms with Crippen LogP contribution in [0.15, 0.2) is 29.4 Å². The monoisotopic (exact) mass is 338 g/mol. The Bertz CT molecular complexity index is 684. The lowest BCUT2D eigenvalue weighted by atomic mass is 10.1. The number of nitrogens with zero attached hydrogens (tertiary/aromatic N) is 2. The van der Waals surface area contributed by atoms with Gasteiger partial charge in [0.1, 0.15) is 5.01 Å². The molecule has 0 aliphatic carbocycles. The minimum atomic E-state index is -0.853. The molecule has 2 N–H and O–H groups in total. The van der Waals surface area contributed by atoms with Crippen LogP contribution in [-0.4, -0.2) is 18.0 Å². The fourth-order valence-corrected chi connectivity index (χ4v) is 2.82. The third-order valence-electron chi connectivity index (χ3n) is 3.38. The Hall–Kier alpha value is -2.02. The first-order chi connectivity index (χ1) is 11.0. The Labute approximate surface area is 138 Å². The number of hydrogen-bond donors (Lipinski definition) is 2. The second-order valence-electron chi connectivity index (χ2n) is 5.04. The lowest BCUT2D eigenvalue weighted by Gasteiger charge is -2.18. The summed E-state index contributed by atoms with van der Waals surface area (Å²) >= 11 is 1.66. The molecule has 1 aromatic heterocycles. The third-order valence-corrected chi connectivity index (χ3v) is 4.52. The summed E-state index contributed by atoms with van der Waals surface area (Å²) in [4.78, 5) is 9.71. The Kier molecular flexibility index (Phi) is 6.04. The van der Waals surface area contributed by atoms with Crippen molar-refractivity contribution in [3.05, 3.63) is 51.5 Å². The number of aromatic nitrogens is 1. The predicted octanol–water partition coefficient (Wildman–Crippen LogP) is 3.41. The van der Waals surface area contributed by atoms with E-state index in [2.05, 4.69) is 27.5 Å². The van der Waals surface area contributed by atoms with Gasteiger partial charge in [-0.05, 0) is 31.0 Å². The zero-order valence-corrected chi connectivity index (χ0v) is 14.2. The van der Waals surface area contributed by atoms with Crippen LogP contribution in [0.3, 0.4) is 0 Å². The smallest absolute Gasteiger partial charge is 0.191 e. The van der Waals surface area contributed by atoms with E-state index in [9.17, 15) is 8.78 Å². The lowest BCUT2D eigenvalue weighted by Crippen LogP contribution is -2.38. The van der Waals surface area contributed by atoms with Gasteiger partial charge < -0.3 is 10.6 Å². The second-order valence-corrected chi connectivity index (χ2v) is 6.24. The van der Waals surface area contributed by atoms with E-state index in [1.165, 1.54) is 10.9 Å². The van der Waals surface area contributed by atoms with Gasteiger partial charge in [-0.15, -0.1) is 11.3 Å². The second kappa shape index (κ2) is 8.01. The molecule has 7 heteroatoms. The molecule has 0 saturated carbocycles. The van der Waals surface area contributed by atoms with Crippen LogP contribution in [0.5, 0.6) is 0 Å². The molecule has 0 aliphatic heterocycles. The van der Waals surface area contributed by atoms with E-state index in [0.717, 1.165) is 17.5 Å². The highest BCUT2D eigenvalue weighted by atomic mass is 32.1. The number of halogens is 2. The molecule has 2 rings (SSSR count). The van der Waals surface area contributed by atoms with Gasteiger partial charge in [0.2, 0.25) is 0 Å². The molecule has 0 amide bonds. The minimum Gasteiger partial charge on any atom is -0.350 e. The van der Waals surface area contributed by atoms with Crippen molar-refractivity contribution in [1.29, 1.82) is 0 Å². The zero-order valence-electron chi connectivity index (χ0n) is 13.4. The van der Waals surface area contributed by atoms with Gasteiger partial charge in [0.25, 0.3) is 0 Å². The van der Waals surface area contributed by atoms with E-state index in [-0.39, 0.29) is 6.04 Å². The van der Waals surface area contributed by atoms with Crippen LogP contribution in [0, 0.1) is 11.6 Å². The molecular formula is C16H20F2N4S. The van der Waals surface area contributed by atoms with E-state index in [4.69, 9.17) is 0 Å². The summed E-state index contributed by atoms with van der Waals surface area (Å²) in [5, 5.41) is 7.29. The number of benzene rings is 1. The molecule has 4 nitrogen and oxygen atoms in total. The first-order valence-electron chi connectivity index (χ1n) is 7.39. The van der Waals surface area contributed by atoms with Crippen molar-refractivity contribution in [1.82, 2.24) is 15.6 Å². The van der Waals surface area contributed by atoms with Gasteiger partial charge in [0, 0.05) is 18.1 Å². The number of aryl methyl sites for hydroxylation is 1. The maximum Gasteiger partial charge on any atom is 0.191 e. The van der Waals surface area contributed by atoms with Crippen molar-refractivity contribution in [3.8, 4) is 0 Å². The molecular weight excluding hydrogens is 318 g/mol. The highest BCUT2D eigenvalue weighted by Gasteiger charge is 2.11. The standard InChI is InChI=1S/C16H20F2N4S/c1-4-12-8-20-15(23-12)9-21-16(19-3)22-10(2)11-5-6-13(17)14(18)7-11/h5-8,10H,4,9H2,1-3H3,(H2,19,21,22). The van der Waals surface area contributed by atoms with Crippen LogP contribution in [0.1, 0.15) is 35.3 Å². The van der Waals surface area contributed by atoms with Crippen molar-refractivity contribution in [3.63, 3.8) is 0 Å². The van der Waals surface area contributed by atoms with Crippen LogP contribution >= 0.6 is 11.3 Å². The topological polar surface area (TPSA) is 49.3 Å². The molecule has 0 bridgehead atoms. The van der Waals surface area contributed by atoms with Crippen LogP contribution in [-0.2, 0) is 13.0 Å². The lowest BCUT2D eigenvalue weighted by molar-refractivity contribution is 0.504. The maximum absolute atomic E-state index is 13.3. The summed E-state index contributed by atoms with van der Waals surface area (Å²) in [6.07, 6.45) is 2.85. The molecule has 0 aliphatic rings. The maximum atomic E-state index is 13.3. The molecule has 1 aromatic carbocycles. The molecule has 23 heavy (non-hydrogen) atoms. The average molecular weight is 338 g/mol. The largest absolute Gasteiger partial charge is 0.350 e. The Morgan fingerprint density at radius 3 is 2.74 bits per heavy atom. The van der Waals surface area contributed by atoms with E-state index in [1.54, 1.807) is 24.5 Å². The first kappa shape index (κ1) is 17.3. The third kappa shape index (κ3) is 4.72. The highest BCUT2D eigenvalue weighted by Crippen LogP contribution is 2.16. The van der Waals surface area contributed by atoms with Crippen molar-refractivity contribution in [2.45, 2.75) is 32.9 Å². The molecule has 1 atom stereocenters. The molecule has 0 radical (unpaired) electrons.